The number of carbonyl (C=O) groups is 1. The van der Waals surface area contributed by atoms with Gasteiger partial charge < -0.3 is 10.2 Å². The van der Waals surface area contributed by atoms with Crippen LogP contribution in [0.25, 0.3) is 0 Å². The third kappa shape index (κ3) is 4.69. The van der Waals surface area contributed by atoms with Crippen molar-refractivity contribution in [3.63, 3.8) is 0 Å². The van der Waals surface area contributed by atoms with Crippen molar-refractivity contribution in [3.8, 4) is 0 Å². The minimum absolute atomic E-state index is 0.125. The average Bonchev–Trinajstić information content (AvgIpc) is 3.00. The molecule has 1 heterocycles. The molecule has 8 heteroatoms. The molecule has 1 amide bonds. The van der Waals surface area contributed by atoms with Crippen LogP contribution in [0.2, 0.25) is 5.02 Å². The maximum atomic E-state index is 12.4. The summed E-state index contributed by atoms with van der Waals surface area (Å²) in [6, 6.07) is 6.34. The van der Waals surface area contributed by atoms with Gasteiger partial charge in [-0.1, -0.05) is 11.6 Å². The molecule has 1 aliphatic heterocycles. The van der Waals surface area contributed by atoms with E-state index in [4.69, 9.17) is 11.6 Å². The Hall–Kier alpha value is -1.15. The highest BCUT2D eigenvalue weighted by Gasteiger charge is 2.28. The van der Waals surface area contributed by atoms with E-state index in [-0.39, 0.29) is 17.3 Å². The number of sulfonamides is 1. The number of rotatable bonds is 7. The first-order valence-electron chi connectivity index (χ1n) is 8.17. The Balaban J connectivity index is 1.89. The molecule has 134 valence electrons. The van der Waals surface area contributed by atoms with Gasteiger partial charge >= 0.3 is 0 Å². The van der Waals surface area contributed by atoms with Gasteiger partial charge in [0.15, 0.2) is 0 Å². The van der Waals surface area contributed by atoms with Gasteiger partial charge in [0.05, 0.1) is 31.1 Å². The highest BCUT2D eigenvalue weighted by atomic mass is 35.5. The number of amides is 1. The summed E-state index contributed by atoms with van der Waals surface area (Å²) in [5.41, 5.74) is 0. The fourth-order valence-corrected chi connectivity index (χ4v) is 4.32. The summed E-state index contributed by atoms with van der Waals surface area (Å²) in [5, 5.41) is 3.33. The van der Waals surface area contributed by atoms with E-state index >= 15 is 0 Å². The topological polar surface area (TPSA) is 70.9 Å². The van der Waals surface area contributed by atoms with Gasteiger partial charge in [-0.2, -0.15) is 4.31 Å². The highest BCUT2D eigenvalue weighted by Crippen LogP contribution is 2.17. The van der Waals surface area contributed by atoms with Gasteiger partial charge in [0.1, 0.15) is 6.04 Å². The molecule has 1 saturated heterocycles. The van der Waals surface area contributed by atoms with Crippen LogP contribution < -0.4 is 10.2 Å². The van der Waals surface area contributed by atoms with Crippen LogP contribution in [0.5, 0.6) is 0 Å². The second kappa shape index (κ2) is 8.29. The molecule has 0 aliphatic carbocycles. The lowest BCUT2D eigenvalue weighted by Crippen LogP contribution is -3.14. The van der Waals surface area contributed by atoms with E-state index in [1.54, 1.807) is 0 Å². The number of hydrogen-bond donors (Lipinski definition) is 2. The molecule has 2 N–H and O–H groups in total. The molecular formula is C16H25ClN3O3S+. The predicted octanol–water partition coefficient (Wildman–Crippen LogP) is 0.144. The van der Waals surface area contributed by atoms with E-state index in [0.29, 0.717) is 17.6 Å². The third-order valence-corrected chi connectivity index (χ3v) is 6.59. The molecule has 6 nitrogen and oxygen atoms in total. The molecule has 0 aromatic heterocycles. The monoisotopic (exact) mass is 374 g/mol. The number of benzene rings is 1. The zero-order chi connectivity index (χ0) is 17.7. The van der Waals surface area contributed by atoms with E-state index in [1.165, 1.54) is 42.6 Å². The minimum atomic E-state index is -3.69. The van der Waals surface area contributed by atoms with Gasteiger partial charge in [-0.15, -0.1) is 0 Å². The number of likely N-dealkylation sites (tertiary alicyclic amines) is 1. The Morgan fingerprint density at radius 1 is 1.38 bits per heavy atom. The minimum Gasteiger partial charge on any atom is -0.349 e. The van der Waals surface area contributed by atoms with Gasteiger partial charge in [-0.3, -0.25) is 4.79 Å². The van der Waals surface area contributed by atoms with Crippen molar-refractivity contribution >= 4 is 27.5 Å². The second-order valence-electron chi connectivity index (χ2n) is 6.12. The second-order valence-corrected chi connectivity index (χ2v) is 8.60. The SMILES string of the molecule is CC[NH+]1CCC[C@@H]1CNC(=O)CN(C)S(=O)(=O)c1ccc(Cl)cc1. The number of carbonyl (C=O) groups excluding carboxylic acids is 1. The third-order valence-electron chi connectivity index (χ3n) is 4.52. The number of quaternary nitrogens is 1. The number of halogens is 1. The van der Waals surface area contributed by atoms with Crippen LogP contribution in [0.3, 0.4) is 0 Å². The number of likely N-dealkylation sites (N-methyl/N-ethyl adjacent to an activating group) is 2. The van der Waals surface area contributed by atoms with Crippen molar-refractivity contribution in [1.29, 1.82) is 0 Å². The van der Waals surface area contributed by atoms with Crippen LogP contribution >= 0.6 is 11.6 Å². The summed E-state index contributed by atoms with van der Waals surface area (Å²) >= 11 is 5.78. The average molecular weight is 375 g/mol. The van der Waals surface area contributed by atoms with Gasteiger partial charge in [0.25, 0.3) is 0 Å². The Morgan fingerprint density at radius 2 is 2.04 bits per heavy atom. The molecule has 2 rings (SSSR count). The van der Waals surface area contributed by atoms with Crippen molar-refractivity contribution in [1.82, 2.24) is 9.62 Å². The van der Waals surface area contributed by atoms with Crippen LogP contribution in [0.4, 0.5) is 0 Å². The fraction of sp³-hybridized carbons (Fsp3) is 0.562. The van der Waals surface area contributed by atoms with Gasteiger partial charge in [-0.05, 0) is 31.2 Å². The molecule has 0 spiro atoms. The molecule has 24 heavy (non-hydrogen) atoms. The number of nitrogens with zero attached hydrogens (tertiary/aromatic N) is 1. The standard InChI is InChI=1S/C16H24ClN3O3S/c1-3-20-10-4-5-14(20)11-18-16(21)12-19(2)24(22,23)15-8-6-13(17)7-9-15/h6-9,14H,3-5,10-12H2,1-2H3,(H,18,21)/p+1/t14-/m1/s1. The van der Waals surface area contributed by atoms with Crippen LogP contribution in [-0.2, 0) is 14.8 Å². The molecule has 2 atom stereocenters. The number of hydrogen-bond acceptors (Lipinski definition) is 3. The Labute approximate surface area is 148 Å². The first-order chi connectivity index (χ1) is 11.3. The molecule has 0 bridgehead atoms. The quantitative estimate of drug-likeness (QED) is 0.713. The molecule has 1 unspecified atom stereocenters. The first kappa shape index (κ1) is 19.2. The van der Waals surface area contributed by atoms with Crippen molar-refractivity contribution in [2.24, 2.45) is 0 Å². The number of nitrogens with one attached hydrogen (secondary N) is 2. The summed E-state index contributed by atoms with van der Waals surface area (Å²) in [6.45, 7) is 4.73. The van der Waals surface area contributed by atoms with Crippen LogP contribution in [0, 0.1) is 0 Å². The first-order valence-corrected chi connectivity index (χ1v) is 9.99. The lowest BCUT2D eigenvalue weighted by molar-refractivity contribution is -0.909. The van der Waals surface area contributed by atoms with Gasteiger partial charge in [0, 0.05) is 24.9 Å². The maximum Gasteiger partial charge on any atom is 0.243 e. The molecule has 1 fully saturated rings. The summed E-state index contributed by atoms with van der Waals surface area (Å²) in [7, 11) is -2.29. The Kier molecular flexibility index (Phi) is 6.62. The molecule has 0 radical (unpaired) electrons. The van der Waals surface area contributed by atoms with Crippen molar-refractivity contribution < 1.29 is 18.1 Å². The molecule has 1 aliphatic rings. The van der Waals surface area contributed by atoms with Crippen molar-refractivity contribution in [3.05, 3.63) is 29.3 Å². The largest absolute Gasteiger partial charge is 0.349 e. The normalized spacial score (nSPS) is 21.2. The Bertz CT molecular complexity index is 664. The summed E-state index contributed by atoms with van der Waals surface area (Å²) < 4.78 is 25.9. The van der Waals surface area contributed by atoms with Crippen LogP contribution in [0.1, 0.15) is 19.8 Å². The van der Waals surface area contributed by atoms with E-state index in [2.05, 4.69) is 12.2 Å². The zero-order valence-electron chi connectivity index (χ0n) is 14.1. The molecule has 1 aromatic rings. The lowest BCUT2D eigenvalue weighted by atomic mass is 10.2. The fourth-order valence-electron chi connectivity index (χ4n) is 3.06. The van der Waals surface area contributed by atoms with Crippen LogP contribution in [0.15, 0.2) is 29.2 Å². The molecular weight excluding hydrogens is 350 g/mol. The van der Waals surface area contributed by atoms with E-state index in [9.17, 15) is 13.2 Å². The van der Waals surface area contributed by atoms with Gasteiger partial charge in [-0.25, -0.2) is 8.42 Å². The van der Waals surface area contributed by atoms with Gasteiger partial charge in [0.2, 0.25) is 15.9 Å². The predicted molar refractivity (Wildman–Crippen MR) is 93.7 cm³/mol. The highest BCUT2D eigenvalue weighted by molar-refractivity contribution is 7.89. The summed E-state index contributed by atoms with van der Waals surface area (Å²) in [6.07, 6.45) is 2.27. The maximum absolute atomic E-state index is 12.4. The van der Waals surface area contributed by atoms with Crippen molar-refractivity contribution in [2.45, 2.75) is 30.7 Å². The van der Waals surface area contributed by atoms with E-state index in [1.807, 2.05) is 0 Å². The molecule has 1 aromatic carbocycles. The van der Waals surface area contributed by atoms with Crippen LogP contribution in [-0.4, -0.2) is 57.9 Å². The summed E-state index contributed by atoms with van der Waals surface area (Å²) in [4.78, 5) is 13.7. The van der Waals surface area contributed by atoms with E-state index < -0.39 is 10.0 Å². The smallest absolute Gasteiger partial charge is 0.243 e. The zero-order valence-corrected chi connectivity index (χ0v) is 15.7. The molecule has 0 saturated carbocycles. The Morgan fingerprint density at radius 3 is 2.67 bits per heavy atom. The lowest BCUT2D eigenvalue weighted by Gasteiger charge is -2.21. The van der Waals surface area contributed by atoms with Crippen molar-refractivity contribution in [2.75, 3.05) is 33.2 Å². The summed E-state index contributed by atoms with van der Waals surface area (Å²) in [5.74, 6) is -0.280. The van der Waals surface area contributed by atoms with E-state index in [0.717, 1.165) is 23.8 Å².